The minimum Gasteiger partial charge on any atom is -0.497 e. The summed E-state index contributed by atoms with van der Waals surface area (Å²) in [5.41, 5.74) is 4.66. The lowest BCUT2D eigenvalue weighted by atomic mass is 9.98. The number of hydrogen-bond acceptors (Lipinski definition) is 4. The number of nitrogens with one attached hydrogen (secondary N) is 1. The zero-order valence-electron chi connectivity index (χ0n) is 20.7. The lowest BCUT2D eigenvalue weighted by Gasteiger charge is -2.20. The van der Waals surface area contributed by atoms with Crippen LogP contribution in [0, 0.1) is 0 Å². The van der Waals surface area contributed by atoms with Gasteiger partial charge >= 0.3 is 0 Å². The second-order valence-corrected chi connectivity index (χ2v) is 8.48. The number of ether oxygens (including phenoxy) is 2. The number of carbonyl (C=O) groups is 1. The Morgan fingerprint density at radius 2 is 1.35 bits per heavy atom. The van der Waals surface area contributed by atoms with Crippen LogP contribution >= 0.6 is 0 Å². The van der Waals surface area contributed by atoms with Gasteiger partial charge in [-0.2, -0.15) is 5.10 Å². The minimum atomic E-state index is -0.325. The number of methoxy groups -OCH3 is 2. The highest BCUT2D eigenvalue weighted by atomic mass is 16.5. The van der Waals surface area contributed by atoms with Crippen LogP contribution in [-0.4, -0.2) is 29.9 Å². The highest BCUT2D eigenvalue weighted by Crippen LogP contribution is 2.27. The average Bonchev–Trinajstić information content (AvgIpc) is 3.43. The van der Waals surface area contributed by atoms with Crippen LogP contribution in [0.3, 0.4) is 0 Å². The molecule has 0 unspecified atom stereocenters. The van der Waals surface area contributed by atoms with Gasteiger partial charge in [0, 0.05) is 5.56 Å². The van der Waals surface area contributed by atoms with Gasteiger partial charge in [-0.25, -0.2) is 4.68 Å². The Kier molecular flexibility index (Phi) is 6.99. The summed E-state index contributed by atoms with van der Waals surface area (Å²) in [7, 11) is 3.25. The molecule has 0 aliphatic carbocycles. The van der Waals surface area contributed by atoms with E-state index >= 15 is 0 Å². The van der Waals surface area contributed by atoms with Gasteiger partial charge in [0.05, 0.1) is 31.6 Å². The third-order valence-corrected chi connectivity index (χ3v) is 6.17. The zero-order valence-corrected chi connectivity index (χ0v) is 20.7. The molecule has 6 nitrogen and oxygen atoms in total. The van der Waals surface area contributed by atoms with Gasteiger partial charge < -0.3 is 14.8 Å². The summed E-state index contributed by atoms with van der Waals surface area (Å²) in [5, 5.41) is 8.05. The van der Waals surface area contributed by atoms with Crippen LogP contribution in [0.4, 0.5) is 0 Å². The molecule has 0 spiro atoms. The maximum atomic E-state index is 13.9. The number of carbonyl (C=O) groups excluding carboxylic acids is 1. The van der Waals surface area contributed by atoms with Gasteiger partial charge in [-0.3, -0.25) is 4.79 Å². The minimum absolute atomic E-state index is 0.241. The molecule has 1 heterocycles. The summed E-state index contributed by atoms with van der Waals surface area (Å²) in [5.74, 6) is 1.20. The molecule has 5 aromatic rings. The predicted octanol–water partition coefficient (Wildman–Crippen LogP) is 6.08. The molecule has 0 saturated carbocycles. The molecule has 37 heavy (non-hydrogen) atoms. The molecule has 1 amide bonds. The standard InChI is InChI=1S/C31H27N3O3/c1-36-26-18-16-25(17-19-26)34-29(21-28(33-34)24-14-9-15-27(20-24)37-2)31(35)32-30(22-10-5-3-6-11-22)23-12-7-4-8-13-23/h3-21,30H,1-2H3,(H,32,35). The first-order chi connectivity index (χ1) is 18.2. The second-order valence-electron chi connectivity index (χ2n) is 8.48. The molecular formula is C31H27N3O3. The van der Waals surface area contributed by atoms with Crippen LogP contribution in [0.2, 0.25) is 0 Å². The lowest BCUT2D eigenvalue weighted by Crippen LogP contribution is -2.31. The van der Waals surface area contributed by atoms with Crippen LogP contribution < -0.4 is 14.8 Å². The first-order valence-corrected chi connectivity index (χ1v) is 12.0. The molecule has 0 radical (unpaired) electrons. The zero-order chi connectivity index (χ0) is 25.6. The molecule has 0 saturated heterocycles. The molecule has 5 rings (SSSR count). The Morgan fingerprint density at radius 3 is 1.95 bits per heavy atom. The molecule has 0 atom stereocenters. The molecular weight excluding hydrogens is 462 g/mol. The van der Waals surface area contributed by atoms with E-state index in [9.17, 15) is 4.79 Å². The highest BCUT2D eigenvalue weighted by Gasteiger charge is 2.23. The first-order valence-electron chi connectivity index (χ1n) is 12.0. The maximum Gasteiger partial charge on any atom is 0.270 e. The van der Waals surface area contributed by atoms with Gasteiger partial charge in [-0.05, 0) is 53.6 Å². The SMILES string of the molecule is COc1ccc(-n2nc(-c3cccc(OC)c3)cc2C(=O)NC(c2ccccc2)c2ccccc2)cc1. The molecule has 6 heteroatoms. The van der Waals surface area contributed by atoms with Crippen molar-refractivity contribution >= 4 is 5.91 Å². The number of benzene rings is 4. The molecule has 0 aliphatic rings. The van der Waals surface area contributed by atoms with E-state index in [1.54, 1.807) is 25.0 Å². The van der Waals surface area contributed by atoms with Crippen molar-refractivity contribution in [3.05, 3.63) is 132 Å². The van der Waals surface area contributed by atoms with Gasteiger partial charge in [-0.15, -0.1) is 0 Å². The molecule has 4 aromatic carbocycles. The quantitative estimate of drug-likeness (QED) is 0.287. The molecule has 0 fully saturated rings. The first kappa shape index (κ1) is 23.9. The predicted molar refractivity (Wildman–Crippen MR) is 144 cm³/mol. The summed E-state index contributed by atoms with van der Waals surface area (Å²) < 4.78 is 12.4. The summed E-state index contributed by atoms with van der Waals surface area (Å²) in [6, 6.07) is 36.4. The average molecular weight is 490 g/mol. The third kappa shape index (κ3) is 5.23. The van der Waals surface area contributed by atoms with Crippen LogP contribution in [0.25, 0.3) is 16.9 Å². The van der Waals surface area contributed by atoms with Crippen molar-refractivity contribution in [2.24, 2.45) is 0 Å². The van der Waals surface area contributed by atoms with Crippen molar-refractivity contribution < 1.29 is 14.3 Å². The number of nitrogens with zero attached hydrogens (tertiary/aromatic N) is 2. The highest BCUT2D eigenvalue weighted by molar-refractivity contribution is 5.95. The van der Waals surface area contributed by atoms with Gasteiger partial charge in [-0.1, -0.05) is 72.8 Å². The smallest absolute Gasteiger partial charge is 0.270 e. The Labute approximate surface area is 216 Å². The fraction of sp³-hybridized carbons (Fsp3) is 0.0968. The molecule has 1 aromatic heterocycles. The van der Waals surface area contributed by atoms with Crippen molar-refractivity contribution in [1.82, 2.24) is 15.1 Å². The van der Waals surface area contributed by atoms with E-state index < -0.39 is 0 Å². The Morgan fingerprint density at radius 1 is 0.730 bits per heavy atom. The fourth-order valence-corrected chi connectivity index (χ4v) is 4.24. The van der Waals surface area contributed by atoms with Crippen molar-refractivity contribution in [2.45, 2.75) is 6.04 Å². The molecule has 184 valence electrons. The molecule has 1 N–H and O–H groups in total. The van der Waals surface area contributed by atoms with E-state index in [-0.39, 0.29) is 11.9 Å². The van der Waals surface area contributed by atoms with Crippen molar-refractivity contribution in [3.8, 4) is 28.4 Å². The van der Waals surface area contributed by atoms with E-state index in [1.807, 2.05) is 109 Å². The number of amides is 1. The number of hydrogen-bond donors (Lipinski definition) is 1. The molecule has 0 aliphatic heterocycles. The Balaban J connectivity index is 1.57. The number of rotatable bonds is 8. The summed E-state index contributed by atoms with van der Waals surface area (Å²) in [6.07, 6.45) is 0. The van der Waals surface area contributed by atoms with E-state index in [1.165, 1.54) is 0 Å². The van der Waals surface area contributed by atoms with Gasteiger partial charge in [0.2, 0.25) is 0 Å². The second kappa shape index (κ2) is 10.8. The van der Waals surface area contributed by atoms with Crippen molar-refractivity contribution in [2.75, 3.05) is 14.2 Å². The largest absolute Gasteiger partial charge is 0.497 e. The van der Waals surface area contributed by atoms with E-state index in [0.29, 0.717) is 11.4 Å². The van der Waals surface area contributed by atoms with Crippen LogP contribution in [-0.2, 0) is 0 Å². The Hall–Kier alpha value is -4.84. The fourth-order valence-electron chi connectivity index (χ4n) is 4.24. The van der Waals surface area contributed by atoms with Crippen LogP contribution in [0.1, 0.15) is 27.7 Å². The summed E-state index contributed by atoms with van der Waals surface area (Å²) >= 11 is 0. The summed E-state index contributed by atoms with van der Waals surface area (Å²) in [4.78, 5) is 13.9. The van der Waals surface area contributed by atoms with Gasteiger partial charge in [0.15, 0.2) is 0 Å². The topological polar surface area (TPSA) is 65.4 Å². The molecule has 0 bridgehead atoms. The van der Waals surface area contributed by atoms with E-state index in [2.05, 4.69) is 5.32 Å². The van der Waals surface area contributed by atoms with Crippen molar-refractivity contribution in [1.29, 1.82) is 0 Å². The maximum absolute atomic E-state index is 13.9. The normalized spacial score (nSPS) is 10.8. The number of aromatic nitrogens is 2. The Bertz CT molecular complexity index is 1440. The van der Waals surface area contributed by atoms with E-state index in [0.717, 1.165) is 33.9 Å². The van der Waals surface area contributed by atoms with Crippen LogP contribution in [0.5, 0.6) is 11.5 Å². The van der Waals surface area contributed by atoms with Crippen LogP contribution in [0.15, 0.2) is 115 Å². The van der Waals surface area contributed by atoms with Gasteiger partial charge in [0.1, 0.15) is 17.2 Å². The monoisotopic (exact) mass is 489 g/mol. The van der Waals surface area contributed by atoms with E-state index in [4.69, 9.17) is 14.6 Å². The summed E-state index contributed by atoms with van der Waals surface area (Å²) in [6.45, 7) is 0. The lowest BCUT2D eigenvalue weighted by molar-refractivity contribution is 0.0935. The van der Waals surface area contributed by atoms with Crippen molar-refractivity contribution in [3.63, 3.8) is 0 Å². The third-order valence-electron chi connectivity index (χ3n) is 6.17. The van der Waals surface area contributed by atoms with Gasteiger partial charge in [0.25, 0.3) is 5.91 Å².